The van der Waals surface area contributed by atoms with Crippen molar-refractivity contribution in [1.29, 1.82) is 0 Å². The van der Waals surface area contributed by atoms with Crippen LogP contribution < -0.4 is 4.74 Å². The van der Waals surface area contributed by atoms with E-state index in [1.807, 2.05) is 48.2 Å². The average Bonchev–Trinajstić information content (AvgIpc) is 2.75. The van der Waals surface area contributed by atoms with Crippen molar-refractivity contribution in [2.45, 2.75) is 52.2 Å². The van der Waals surface area contributed by atoms with Gasteiger partial charge < -0.3 is 14.4 Å². The van der Waals surface area contributed by atoms with E-state index in [0.29, 0.717) is 25.1 Å². The molecule has 1 saturated heterocycles. The van der Waals surface area contributed by atoms with Crippen LogP contribution in [0, 0.1) is 5.82 Å². The highest BCUT2D eigenvalue weighted by atomic mass is 19.1. The van der Waals surface area contributed by atoms with E-state index in [0.717, 1.165) is 24.2 Å². The number of ether oxygens (including phenoxy) is 1. The van der Waals surface area contributed by atoms with Gasteiger partial charge in [-0.1, -0.05) is 24.3 Å². The Labute approximate surface area is 183 Å². The van der Waals surface area contributed by atoms with Crippen LogP contribution in [0.25, 0.3) is 0 Å². The van der Waals surface area contributed by atoms with Crippen LogP contribution in [0.2, 0.25) is 0 Å². The lowest BCUT2D eigenvalue weighted by Crippen LogP contribution is -2.58. The van der Waals surface area contributed by atoms with Gasteiger partial charge in [-0.05, 0) is 62.6 Å². The molecule has 31 heavy (non-hydrogen) atoms. The number of ketones is 1. The molecule has 0 N–H and O–H groups in total. The monoisotopic (exact) mass is 426 g/mol. The van der Waals surface area contributed by atoms with Crippen LogP contribution >= 0.6 is 0 Å². The van der Waals surface area contributed by atoms with Crippen molar-refractivity contribution < 1.29 is 18.7 Å². The summed E-state index contributed by atoms with van der Waals surface area (Å²) in [6.07, 6.45) is 1.24. The van der Waals surface area contributed by atoms with Crippen molar-refractivity contribution in [2.75, 3.05) is 19.7 Å². The third-order valence-corrected chi connectivity index (χ3v) is 5.79. The normalized spacial score (nSPS) is 19.3. The Kier molecular flexibility index (Phi) is 7.80. The third kappa shape index (κ3) is 6.62. The Balaban J connectivity index is 1.49. The Morgan fingerprint density at radius 2 is 1.61 bits per heavy atom. The number of hydrogen-bond acceptors (Lipinski definition) is 4. The van der Waals surface area contributed by atoms with Gasteiger partial charge in [0, 0.05) is 38.1 Å². The largest absolute Gasteiger partial charge is 0.484 e. The number of piperazine rings is 1. The number of aryl methyl sites for hydroxylation is 1. The van der Waals surface area contributed by atoms with Gasteiger partial charge in [-0.3, -0.25) is 9.69 Å². The Morgan fingerprint density at radius 1 is 0.968 bits per heavy atom. The molecule has 6 heteroatoms. The SMILES string of the molecule is CC(=O)CCc1ccc(OCC(=O)N2CC(C)N(Cc3ccc(F)cc3)CC2C)cc1. The van der Waals surface area contributed by atoms with E-state index in [4.69, 9.17) is 4.74 Å². The fourth-order valence-corrected chi connectivity index (χ4v) is 3.89. The van der Waals surface area contributed by atoms with Crippen molar-refractivity contribution in [3.05, 3.63) is 65.5 Å². The van der Waals surface area contributed by atoms with E-state index >= 15 is 0 Å². The molecule has 2 aromatic rings. The predicted octanol–water partition coefficient (Wildman–Crippen LogP) is 3.85. The number of hydrogen-bond donors (Lipinski definition) is 0. The first kappa shape index (κ1) is 22.9. The van der Waals surface area contributed by atoms with Crippen LogP contribution in [-0.4, -0.2) is 53.3 Å². The number of Topliss-reactive ketones (excluding diaryl/α,β-unsaturated/α-hetero) is 1. The molecule has 0 bridgehead atoms. The van der Waals surface area contributed by atoms with Crippen LogP contribution in [0.3, 0.4) is 0 Å². The smallest absolute Gasteiger partial charge is 0.260 e. The number of nitrogens with zero attached hydrogens (tertiary/aromatic N) is 2. The van der Waals surface area contributed by atoms with Gasteiger partial charge in [-0.2, -0.15) is 0 Å². The maximum Gasteiger partial charge on any atom is 0.260 e. The minimum atomic E-state index is -0.230. The summed E-state index contributed by atoms with van der Waals surface area (Å²) < 4.78 is 18.9. The minimum absolute atomic E-state index is 0.00180. The topological polar surface area (TPSA) is 49.9 Å². The molecule has 5 nitrogen and oxygen atoms in total. The number of rotatable bonds is 8. The van der Waals surface area contributed by atoms with Gasteiger partial charge >= 0.3 is 0 Å². The third-order valence-electron chi connectivity index (χ3n) is 5.79. The predicted molar refractivity (Wildman–Crippen MR) is 118 cm³/mol. The summed E-state index contributed by atoms with van der Waals surface area (Å²) in [6.45, 7) is 7.88. The van der Waals surface area contributed by atoms with Crippen LogP contribution in [0.5, 0.6) is 5.75 Å². The molecule has 1 aliphatic heterocycles. The van der Waals surface area contributed by atoms with Crippen molar-refractivity contribution in [2.24, 2.45) is 0 Å². The van der Waals surface area contributed by atoms with Crippen molar-refractivity contribution in [3.63, 3.8) is 0 Å². The number of benzene rings is 2. The maximum atomic E-state index is 13.1. The second kappa shape index (κ2) is 10.5. The fraction of sp³-hybridized carbons (Fsp3) is 0.440. The molecule has 0 spiro atoms. The summed E-state index contributed by atoms with van der Waals surface area (Å²) in [4.78, 5) is 28.1. The molecule has 0 aromatic heterocycles. The zero-order chi connectivity index (χ0) is 22.4. The van der Waals surface area contributed by atoms with Gasteiger partial charge in [-0.25, -0.2) is 4.39 Å². The van der Waals surface area contributed by atoms with Gasteiger partial charge in [0.25, 0.3) is 5.91 Å². The molecule has 1 fully saturated rings. The summed E-state index contributed by atoms with van der Waals surface area (Å²) in [5, 5.41) is 0. The van der Waals surface area contributed by atoms with Crippen molar-refractivity contribution >= 4 is 11.7 Å². The lowest BCUT2D eigenvalue weighted by Gasteiger charge is -2.44. The number of carbonyl (C=O) groups excluding carboxylic acids is 2. The Morgan fingerprint density at radius 3 is 2.26 bits per heavy atom. The zero-order valence-corrected chi connectivity index (χ0v) is 18.5. The molecule has 0 aliphatic carbocycles. The van der Waals surface area contributed by atoms with Gasteiger partial charge in [0.15, 0.2) is 6.61 Å². The maximum absolute atomic E-state index is 13.1. The lowest BCUT2D eigenvalue weighted by molar-refractivity contribution is -0.139. The summed E-state index contributed by atoms with van der Waals surface area (Å²) in [5.41, 5.74) is 2.14. The number of halogens is 1. The molecular weight excluding hydrogens is 395 g/mol. The molecule has 0 saturated carbocycles. The van der Waals surface area contributed by atoms with E-state index in [1.54, 1.807) is 6.92 Å². The first-order valence-corrected chi connectivity index (χ1v) is 10.8. The molecule has 3 rings (SSSR count). The molecule has 2 aromatic carbocycles. The summed E-state index contributed by atoms with van der Waals surface area (Å²) in [5.74, 6) is 0.565. The van der Waals surface area contributed by atoms with Crippen LogP contribution in [0.4, 0.5) is 4.39 Å². The highest BCUT2D eigenvalue weighted by Gasteiger charge is 2.32. The minimum Gasteiger partial charge on any atom is -0.484 e. The van der Waals surface area contributed by atoms with Gasteiger partial charge in [-0.15, -0.1) is 0 Å². The molecule has 0 radical (unpaired) electrons. The molecule has 166 valence electrons. The second-order valence-corrected chi connectivity index (χ2v) is 8.43. The highest BCUT2D eigenvalue weighted by Crippen LogP contribution is 2.19. The van der Waals surface area contributed by atoms with E-state index in [-0.39, 0.29) is 36.2 Å². The first-order valence-electron chi connectivity index (χ1n) is 10.8. The average molecular weight is 427 g/mol. The van der Waals surface area contributed by atoms with E-state index < -0.39 is 0 Å². The van der Waals surface area contributed by atoms with Gasteiger partial charge in [0.05, 0.1) is 0 Å². The standard InChI is InChI=1S/C25H31FN2O3/c1-18-15-28(19(2)14-27(18)16-22-6-10-23(26)11-7-22)25(30)17-31-24-12-8-21(9-13-24)5-4-20(3)29/h6-13,18-19H,4-5,14-17H2,1-3H3. The fourth-order valence-electron chi connectivity index (χ4n) is 3.89. The van der Waals surface area contributed by atoms with Gasteiger partial charge in [0.1, 0.15) is 17.3 Å². The summed E-state index contributed by atoms with van der Waals surface area (Å²) in [6, 6.07) is 14.4. The Hall–Kier alpha value is -2.73. The molecular formula is C25H31FN2O3. The van der Waals surface area contributed by atoms with Crippen molar-refractivity contribution in [3.8, 4) is 5.75 Å². The molecule has 1 heterocycles. The zero-order valence-electron chi connectivity index (χ0n) is 18.5. The van der Waals surface area contributed by atoms with Crippen LogP contribution in [-0.2, 0) is 22.6 Å². The van der Waals surface area contributed by atoms with E-state index in [2.05, 4.69) is 11.8 Å². The summed E-state index contributed by atoms with van der Waals surface area (Å²) >= 11 is 0. The molecule has 1 amide bonds. The second-order valence-electron chi connectivity index (χ2n) is 8.43. The van der Waals surface area contributed by atoms with Crippen LogP contribution in [0.1, 0.15) is 38.3 Å². The van der Waals surface area contributed by atoms with Gasteiger partial charge in [0.2, 0.25) is 0 Å². The van der Waals surface area contributed by atoms with Crippen LogP contribution in [0.15, 0.2) is 48.5 Å². The number of carbonyl (C=O) groups is 2. The molecule has 2 atom stereocenters. The Bertz CT molecular complexity index is 883. The first-order chi connectivity index (χ1) is 14.8. The molecule has 1 aliphatic rings. The number of amides is 1. The lowest BCUT2D eigenvalue weighted by atomic mass is 10.1. The van der Waals surface area contributed by atoms with E-state index in [9.17, 15) is 14.0 Å². The van der Waals surface area contributed by atoms with E-state index in [1.165, 1.54) is 12.1 Å². The molecule has 2 unspecified atom stereocenters. The quantitative estimate of drug-likeness (QED) is 0.644. The summed E-state index contributed by atoms with van der Waals surface area (Å²) in [7, 11) is 0. The van der Waals surface area contributed by atoms with Crippen molar-refractivity contribution in [1.82, 2.24) is 9.80 Å². The highest BCUT2D eigenvalue weighted by molar-refractivity contribution is 5.78.